The summed E-state index contributed by atoms with van der Waals surface area (Å²) >= 11 is 0. The van der Waals surface area contributed by atoms with Gasteiger partial charge in [-0.3, -0.25) is 9.59 Å². The summed E-state index contributed by atoms with van der Waals surface area (Å²) in [5.41, 5.74) is 6.81. The number of likely N-dealkylation sites (tertiary alicyclic amines) is 1. The number of amides is 2. The summed E-state index contributed by atoms with van der Waals surface area (Å²) in [6.07, 6.45) is 1.40. The predicted molar refractivity (Wildman–Crippen MR) is 107 cm³/mol. The number of nitrogens with zero attached hydrogens (tertiary/aromatic N) is 5. The lowest BCUT2D eigenvalue weighted by Gasteiger charge is -2.40. The van der Waals surface area contributed by atoms with E-state index in [4.69, 9.17) is 5.73 Å². The molecule has 0 aromatic carbocycles. The first kappa shape index (κ1) is 23.8. The van der Waals surface area contributed by atoms with Crippen LogP contribution in [0.4, 0.5) is 23.2 Å². The summed E-state index contributed by atoms with van der Waals surface area (Å²) in [5.74, 6) is -6.74. The van der Waals surface area contributed by atoms with Gasteiger partial charge < -0.3 is 10.6 Å². The van der Waals surface area contributed by atoms with E-state index in [-0.39, 0.29) is 36.5 Å². The molecule has 1 aromatic heterocycles. The molecule has 13 heteroatoms. The van der Waals surface area contributed by atoms with Crippen molar-refractivity contribution in [2.45, 2.75) is 31.9 Å². The zero-order chi connectivity index (χ0) is 24.4. The number of halogens is 4. The molecule has 1 saturated heterocycles. The van der Waals surface area contributed by atoms with Crippen molar-refractivity contribution in [2.24, 2.45) is 16.1 Å². The average molecular weight is 466 g/mol. The Morgan fingerprint density at radius 1 is 1.52 bits per heavy atom. The van der Waals surface area contributed by atoms with Gasteiger partial charge in [0.1, 0.15) is 6.17 Å². The molecule has 3 N–H and O–H groups in total. The van der Waals surface area contributed by atoms with E-state index in [1.807, 2.05) is 6.07 Å². The van der Waals surface area contributed by atoms with Gasteiger partial charge in [-0.25, -0.2) is 14.4 Å². The summed E-state index contributed by atoms with van der Waals surface area (Å²) in [6.45, 7) is -0.375. The fourth-order valence-corrected chi connectivity index (χ4v) is 3.56. The lowest BCUT2D eigenvalue weighted by atomic mass is 9.75. The van der Waals surface area contributed by atoms with Gasteiger partial charge in [0.15, 0.2) is 11.8 Å². The van der Waals surface area contributed by atoms with Crippen molar-refractivity contribution in [3.05, 3.63) is 36.1 Å². The summed E-state index contributed by atoms with van der Waals surface area (Å²) < 4.78 is 56.2. The highest BCUT2D eigenvalue weighted by Crippen LogP contribution is 2.36. The zero-order valence-electron chi connectivity index (χ0n) is 17.4. The lowest BCUT2D eigenvalue weighted by molar-refractivity contribution is -0.496. The van der Waals surface area contributed by atoms with E-state index < -0.39 is 41.8 Å². The molecule has 1 unspecified atom stereocenters. The van der Waals surface area contributed by atoms with Crippen molar-refractivity contribution in [3.8, 4) is 6.07 Å². The number of hydrazone groups is 1. The quantitative estimate of drug-likeness (QED) is 0.385. The van der Waals surface area contributed by atoms with Crippen LogP contribution in [0.15, 0.2) is 35.1 Å². The number of aromatic nitrogens is 1. The topological polar surface area (TPSA) is 127 Å². The number of nitrogens with two attached hydrogens (primary N) is 1. The number of alkyl halides is 3. The number of hydrazine groups is 1. The number of aliphatic imine (C=N–C) groups is 1. The first-order chi connectivity index (χ1) is 15.4. The molecule has 0 radical (unpaired) electrons. The molecular weight excluding hydrogens is 446 g/mol. The number of piperidine rings is 1. The molecule has 9 nitrogen and oxygen atoms in total. The second kappa shape index (κ2) is 8.97. The third kappa shape index (κ3) is 5.16. The number of nitriles is 1. The molecule has 0 spiro atoms. The van der Waals surface area contributed by atoms with Crippen LogP contribution in [-0.2, 0) is 9.59 Å². The SMILES string of the molecule is CC(F)(F)C(=O)N1CCC(/C=[N+]2\C=C(C(N)=O)C(=Nc3ccc(F)nc3)N2)(CC#N)[C@H](F)C1. The smallest absolute Gasteiger partial charge is 0.322 e. The third-order valence-corrected chi connectivity index (χ3v) is 5.30. The molecule has 2 aliphatic rings. The van der Waals surface area contributed by atoms with E-state index in [0.29, 0.717) is 6.92 Å². The fraction of sp³-hybridized carbons (Fsp3) is 0.400. The normalized spacial score (nSPS) is 25.5. The van der Waals surface area contributed by atoms with Gasteiger partial charge in [0.05, 0.1) is 36.3 Å². The number of hydrogen-bond acceptors (Lipinski definition) is 5. The molecular formula is C20H20F4N7O2+. The fourth-order valence-electron chi connectivity index (χ4n) is 3.56. The van der Waals surface area contributed by atoms with E-state index in [2.05, 4.69) is 15.4 Å². The summed E-state index contributed by atoms with van der Waals surface area (Å²) in [4.78, 5) is 32.0. The molecule has 0 aliphatic carbocycles. The Kier molecular flexibility index (Phi) is 6.48. The molecule has 2 amide bonds. The number of nitrogens with one attached hydrogen (secondary N) is 1. The van der Waals surface area contributed by atoms with Crippen LogP contribution >= 0.6 is 0 Å². The Bertz CT molecular complexity index is 1090. The van der Waals surface area contributed by atoms with Gasteiger partial charge in [-0.1, -0.05) is 4.68 Å². The molecule has 3 heterocycles. The van der Waals surface area contributed by atoms with Crippen LogP contribution in [0.2, 0.25) is 0 Å². The highest BCUT2D eigenvalue weighted by molar-refractivity contribution is 6.21. The van der Waals surface area contributed by atoms with Crippen molar-refractivity contribution in [2.75, 3.05) is 13.1 Å². The highest BCUT2D eigenvalue weighted by atomic mass is 19.3. The Labute approximate surface area is 185 Å². The standard InChI is InChI=1S/C20H19F4N7O2/c1-19(23,24)18(33)30-7-5-20(4-6-25,14(21)10-30)11-31-9-13(16(26)32)17(29-31)28-12-2-3-15(22)27-8-12/h2-3,8-9,11,14H,4-5,7,10H2,1H3,(H2-,26,28,29,32)/p+1/b31-11+/t14-,20?/m1/s1. The Morgan fingerprint density at radius 3 is 2.79 bits per heavy atom. The van der Waals surface area contributed by atoms with Gasteiger partial charge in [-0.15, -0.1) is 5.43 Å². The summed E-state index contributed by atoms with van der Waals surface area (Å²) in [6, 6.07) is 4.26. The minimum atomic E-state index is -3.64. The number of carbonyl (C=O) groups is 2. The number of carbonyl (C=O) groups excluding carboxylic acids is 2. The van der Waals surface area contributed by atoms with Crippen molar-refractivity contribution in [1.29, 1.82) is 5.26 Å². The molecule has 2 aliphatic heterocycles. The molecule has 1 aromatic rings. The van der Waals surface area contributed by atoms with Crippen molar-refractivity contribution in [3.63, 3.8) is 0 Å². The molecule has 1 fully saturated rings. The van der Waals surface area contributed by atoms with Gasteiger partial charge >= 0.3 is 5.92 Å². The minimum absolute atomic E-state index is 0.0205. The number of pyridine rings is 1. The van der Waals surface area contributed by atoms with E-state index >= 15 is 4.39 Å². The van der Waals surface area contributed by atoms with Gasteiger partial charge in [-0.05, 0) is 18.6 Å². The second-order valence-electron chi connectivity index (χ2n) is 7.78. The maximum atomic E-state index is 15.2. The van der Waals surface area contributed by atoms with Gasteiger partial charge in [0.25, 0.3) is 11.8 Å². The average Bonchev–Trinajstić information content (AvgIpc) is 3.13. The van der Waals surface area contributed by atoms with Gasteiger partial charge in [0, 0.05) is 13.5 Å². The van der Waals surface area contributed by atoms with Crippen LogP contribution in [0.25, 0.3) is 0 Å². The minimum Gasteiger partial charge on any atom is -0.365 e. The number of hydrogen-bond donors (Lipinski definition) is 2. The van der Waals surface area contributed by atoms with Gasteiger partial charge in [-0.2, -0.15) is 18.4 Å². The van der Waals surface area contributed by atoms with Crippen molar-refractivity contribution < 1.29 is 31.8 Å². The Balaban J connectivity index is 1.90. The molecule has 174 valence electrons. The first-order valence-electron chi connectivity index (χ1n) is 9.77. The zero-order valence-corrected chi connectivity index (χ0v) is 17.4. The molecule has 3 rings (SSSR count). The largest absolute Gasteiger partial charge is 0.365 e. The van der Waals surface area contributed by atoms with Crippen LogP contribution < -0.4 is 11.2 Å². The summed E-state index contributed by atoms with van der Waals surface area (Å²) in [5, 5.41) is 9.26. The molecule has 0 saturated carbocycles. The lowest BCUT2D eigenvalue weighted by Crippen LogP contribution is -2.55. The van der Waals surface area contributed by atoms with Crippen LogP contribution in [-0.4, -0.2) is 63.6 Å². The number of rotatable bonds is 5. The maximum absolute atomic E-state index is 15.2. The van der Waals surface area contributed by atoms with Crippen molar-refractivity contribution in [1.82, 2.24) is 15.3 Å². The Morgan fingerprint density at radius 2 is 2.24 bits per heavy atom. The van der Waals surface area contributed by atoms with Crippen molar-refractivity contribution >= 4 is 29.6 Å². The highest BCUT2D eigenvalue weighted by Gasteiger charge is 2.50. The molecule has 0 bridgehead atoms. The molecule has 2 atom stereocenters. The monoisotopic (exact) mass is 466 g/mol. The first-order valence-corrected chi connectivity index (χ1v) is 9.77. The van der Waals surface area contributed by atoms with E-state index in [1.165, 1.54) is 23.2 Å². The van der Waals surface area contributed by atoms with E-state index in [9.17, 15) is 28.0 Å². The van der Waals surface area contributed by atoms with E-state index in [1.54, 1.807) is 0 Å². The van der Waals surface area contributed by atoms with Crippen LogP contribution in [0.3, 0.4) is 0 Å². The molecule has 33 heavy (non-hydrogen) atoms. The number of amidine groups is 1. The van der Waals surface area contributed by atoms with Crippen LogP contribution in [0, 0.1) is 22.7 Å². The number of primary amides is 1. The van der Waals surface area contributed by atoms with Crippen LogP contribution in [0.1, 0.15) is 19.8 Å². The second-order valence-corrected chi connectivity index (χ2v) is 7.78. The van der Waals surface area contributed by atoms with E-state index in [0.717, 1.165) is 17.2 Å². The predicted octanol–water partition coefficient (Wildman–Crippen LogP) is 1.35. The van der Waals surface area contributed by atoms with Gasteiger partial charge in [0.2, 0.25) is 18.0 Å². The Hall–Kier alpha value is -3.82. The maximum Gasteiger partial charge on any atom is 0.322 e. The summed E-state index contributed by atoms with van der Waals surface area (Å²) in [7, 11) is 0. The van der Waals surface area contributed by atoms with Crippen LogP contribution in [0.5, 0.6) is 0 Å². The third-order valence-electron chi connectivity index (χ3n) is 5.30.